The first-order valence-corrected chi connectivity index (χ1v) is 10.8. The molecule has 0 aromatic heterocycles. The van der Waals surface area contributed by atoms with Gasteiger partial charge < -0.3 is 44.1 Å². The molecule has 0 aliphatic rings. The second-order valence-corrected chi connectivity index (χ2v) is 6.95. The van der Waals surface area contributed by atoms with Crippen molar-refractivity contribution in [3.8, 4) is 0 Å². The minimum absolute atomic E-state index is 0.108. The molecule has 0 radical (unpaired) electrons. The zero-order valence-electron chi connectivity index (χ0n) is 18.3. The van der Waals surface area contributed by atoms with E-state index in [0.29, 0.717) is 19.4 Å². The molecule has 180 valence electrons. The number of aliphatic hydroxyl groups excluding tert-OH is 4. The van der Waals surface area contributed by atoms with Crippen LogP contribution in [-0.4, -0.2) is 85.7 Å². The quantitative estimate of drug-likeness (QED) is 0.107. The van der Waals surface area contributed by atoms with E-state index in [9.17, 15) is 15.3 Å². The molecule has 0 aromatic rings. The van der Waals surface area contributed by atoms with Gasteiger partial charge in [-0.2, -0.15) is 0 Å². The number of hydrogen-bond donors (Lipinski definition) is 4. The fraction of sp³-hybridized carbons (Fsp3) is 0.905. The predicted octanol–water partition coefficient (Wildman–Crippen LogP) is 1.67. The number of ether oxygens (including phenoxy) is 5. The highest BCUT2D eigenvalue weighted by Gasteiger charge is 2.10. The minimum Gasteiger partial charge on any atom is -0.385 e. The van der Waals surface area contributed by atoms with Crippen LogP contribution in [0.1, 0.15) is 57.8 Å². The van der Waals surface area contributed by atoms with Crippen LogP contribution in [0.3, 0.4) is 0 Å². The molecule has 0 aliphatic heterocycles. The molecule has 4 N–H and O–H groups in total. The summed E-state index contributed by atoms with van der Waals surface area (Å²) in [6.07, 6.45) is 4.28. The molecule has 0 fully saturated rings. The van der Waals surface area contributed by atoms with E-state index in [1.54, 1.807) is 7.11 Å². The van der Waals surface area contributed by atoms with Crippen molar-refractivity contribution in [1.82, 2.24) is 0 Å². The van der Waals surface area contributed by atoms with E-state index in [1.165, 1.54) is 6.08 Å². The minimum atomic E-state index is -1.05. The highest BCUT2D eigenvalue weighted by molar-refractivity contribution is 4.69. The summed E-state index contributed by atoms with van der Waals surface area (Å²) in [5.41, 5.74) is 0. The van der Waals surface area contributed by atoms with Gasteiger partial charge in [0.1, 0.15) is 0 Å². The molecule has 0 aromatic carbocycles. The van der Waals surface area contributed by atoms with Gasteiger partial charge in [0.25, 0.3) is 0 Å². The van der Waals surface area contributed by atoms with E-state index in [0.717, 1.165) is 38.7 Å². The van der Waals surface area contributed by atoms with Crippen molar-refractivity contribution in [2.24, 2.45) is 0 Å². The summed E-state index contributed by atoms with van der Waals surface area (Å²) in [5, 5.41) is 38.3. The Hall–Kier alpha value is -0.620. The first kappa shape index (κ1) is 29.4. The van der Waals surface area contributed by atoms with Gasteiger partial charge in [0, 0.05) is 26.6 Å². The largest absolute Gasteiger partial charge is 0.385 e. The summed E-state index contributed by atoms with van der Waals surface area (Å²) >= 11 is 0. The van der Waals surface area contributed by atoms with Crippen LogP contribution in [-0.2, 0) is 23.7 Å². The number of unbranched alkanes of at least 4 members (excludes halogenated alkanes) is 4. The lowest BCUT2D eigenvalue weighted by molar-refractivity contribution is -0.156. The Kier molecular flexibility index (Phi) is 21.2. The average Bonchev–Trinajstić information content (AvgIpc) is 2.74. The Morgan fingerprint density at radius 1 is 0.600 bits per heavy atom. The summed E-state index contributed by atoms with van der Waals surface area (Å²) in [4.78, 5) is 0. The molecule has 4 unspecified atom stereocenters. The zero-order chi connectivity index (χ0) is 22.5. The second kappa shape index (κ2) is 21.6. The van der Waals surface area contributed by atoms with Gasteiger partial charge in [-0.25, -0.2) is 0 Å². The molecular weight excluding hydrogens is 396 g/mol. The summed E-state index contributed by atoms with van der Waals surface area (Å²) in [6.45, 7) is 5.03. The normalized spacial score (nSPS) is 15.6. The summed E-state index contributed by atoms with van der Waals surface area (Å²) in [5.74, 6) is 0. The van der Waals surface area contributed by atoms with Gasteiger partial charge in [0.2, 0.25) is 0 Å². The molecule has 0 spiro atoms. The smallest absolute Gasteiger partial charge is 0.173 e. The van der Waals surface area contributed by atoms with Gasteiger partial charge in [-0.05, 0) is 31.8 Å². The number of aliphatic hydroxyl groups is 4. The van der Waals surface area contributed by atoms with Gasteiger partial charge in [0.15, 0.2) is 25.2 Å². The lowest BCUT2D eigenvalue weighted by Gasteiger charge is -2.16. The molecule has 4 atom stereocenters. The molecule has 0 heterocycles. The van der Waals surface area contributed by atoms with Crippen LogP contribution in [0.15, 0.2) is 12.7 Å². The molecule has 0 rings (SSSR count). The van der Waals surface area contributed by atoms with E-state index in [-0.39, 0.29) is 32.7 Å². The maximum atomic E-state index is 9.78. The Labute approximate surface area is 180 Å². The van der Waals surface area contributed by atoms with Gasteiger partial charge in [-0.1, -0.05) is 25.8 Å². The highest BCUT2D eigenvalue weighted by Crippen LogP contribution is 2.09. The van der Waals surface area contributed by atoms with Crippen molar-refractivity contribution in [1.29, 1.82) is 0 Å². The molecule has 30 heavy (non-hydrogen) atoms. The SMILES string of the molecule is C=CC(O)OCCOC(O)CCC(O)OCCCOC(O)CCCCCCCOC. The van der Waals surface area contributed by atoms with Gasteiger partial charge in [-0.15, -0.1) is 0 Å². The number of hydrogen-bond acceptors (Lipinski definition) is 9. The fourth-order valence-electron chi connectivity index (χ4n) is 2.55. The molecule has 0 bridgehead atoms. The van der Waals surface area contributed by atoms with Crippen molar-refractivity contribution in [3.63, 3.8) is 0 Å². The molecule has 0 saturated carbocycles. The van der Waals surface area contributed by atoms with E-state index in [2.05, 4.69) is 6.58 Å². The van der Waals surface area contributed by atoms with E-state index >= 15 is 0 Å². The van der Waals surface area contributed by atoms with Crippen molar-refractivity contribution in [2.75, 3.05) is 40.1 Å². The monoisotopic (exact) mass is 438 g/mol. The van der Waals surface area contributed by atoms with Crippen molar-refractivity contribution in [3.05, 3.63) is 12.7 Å². The Balaban J connectivity index is 3.45. The maximum Gasteiger partial charge on any atom is 0.173 e. The Morgan fingerprint density at radius 2 is 1.10 bits per heavy atom. The van der Waals surface area contributed by atoms with E-state index in [1.807, 2.05) is 0 Å². The summed E-state index contributed by atoms with van der Waals surface area (Å²) < 4.78 is 25.6. The first-order chi connectivity index (χ1) is 14.5. The van der Waals surface area contributed by atoms with Crippen LogP contribution in [0.4, 0.5) is 0 Å². The van der Waals surface area contributed by atoms with Crippen LogP contribution in [0, 0.1) is 0 Å². The van der Waals surface area contributed by atoms with Crippen LogP contribution in [0.25, 0.3) is 0 Å². The summed E-state index contributed by atoms with van der Waals surface area (Å²) in [7, 11) is 1.71. The predicted molar refractivity (Wildman–Crippen MR) is 111 cm³/mol. The Morgan fingerprint density at radius 3 is 1.70 bits per heavy atom. The van der Waals surface area contributed by atoms with Crippen LogP contribution in [0.5, 0.6) is 0 Å². The molecule has 9 nitrogen and oxygen atoms in total. The molecule has 9 heteroatoms. The molecular formula is C21H42O9. The fourth-order valence-corrected chi connectivity index (χ4v) is 2.55. The lowest BCUT2D eigenvalue weighted by Crippen LogP contribution is -2.21. The molecule has 0 saturated heterocycles. The van der Waals surface area contributed by atoms with Crippen molar-refractivity contribution in [2.45, 2.75) is 82.9 Å². The number of methoxy groups -OCH3 is 1. The van der Waals surface area contributed by atoms with Crippen LogP contribution < -0.4 is 0 Å². The first-order valence-electron chi connectivity index (χ1n) is 10.8. The van der Waals surface area contributed by atoms with E-state index < -0.39 is 25.2 Å². The Bertz CT molecular complexity index is 370. The third-order valence-corrected chi connectivity index (χ3v) is 4.25. The van der Waals surface area contributed by atoms with Crippen molar-refractivity contribution >= 4 is 0 Å². The third kappa shape index (κ3) is 20.6. The topological polar surface area (TPSA) is 127 Å². The summed E-state index contributed by atoms with van der Waals surface area (Å²) in [6, 6.07) is 0. The van der Waals surface area contributed by atoms with Crippen molar-refractivity contribution < 1.29 is 44.1 Å². The zero-order valence-corrected chi connectivity index (χ0v) is 18.3. The third-order valence-electron chi connectivity index (χ3n) is 4.25. The van der Waals surface area contributed by atoms with Gasteiger partial charge in [0.05, 0.1) is 26.4 Å². The van der Waals surface area contributed by atoms with Gasteiger partial charge >= 0.3 is 0 Å². The average molecular weight is 439 g/mol. The van der Waals surface area contributed by atoms with Crippen LogP contribution >= 0.6 is 0 Å². The van der Waals surface area contributed by atoms with Crippen LogP contribution in [0.2, 0.25) is 0 Å². The standard InChI is InChI=1S/C21H42O9/c1-3-18(22)29-16-17-30-21(25)12-11-20(24)28-15-9-14-27-19(23)10-7-5-4-6-8-13-26-2/h3,18-25H,1,4-17H2,2H3. The van der Waals surface area contributed by atoms with Gasteiger partial charge in [-0.3, -0.25) is 0 Å². The van der Waals surface area contributed by atoms with E-state index in [4.69, 9.17) is 28.8 Å². The second-order valence-electron chi connectivity index (χ2n) is 6.95. The molecule has 0 aliphatic carbocycles. The maximum absolute atomic E-state index is 9.78. The highest BCUT2D eigenvalue weighted by atomic mass is 16.6. The lowest BCUT2D eigenvalue weighted by atomic mass is 10.1. The number of rotatable bonds is 23. The molecule has 0 amide bonds.